The molecule has 2 N–H and O–H groups in total. The fourth-order valence-corrected chi connectivity index (χ4v) is 3.64. The molecule has 0 fully saturated rings. The minimum Gasteiger partial charge on any atom is -0.457 e. The molecule has 0 bridgehead atoms. The van der Waals surface area contributed by atoms with E-state index in [4.69, 9.17) is 4.74 Å². The average molecular weight is 358 g/mol. The number of hydrogen-bond donors (Lipinski definition) is 2. The third kappa shape index (κ3) is 4.92. The molecule has 1 heterocycles. The lowest BCUT2D eigenvalue weighted by atomic mass is 10.1. The lowest BCUT2D eigenvalue weighted by molar-refractivity contribution is 0.481. The Bertz CT molecular complexity index is 858. The Morgan fingerprint density at radius 1 is 1.12 bits per heavy atom. The molecule has 0 amide bonds. The first-order valence-corrected chi connectivity index (χ1v) is 9.74. The topological polar surface area (TPSA) is 67.4 Å². The molecular weight excluding hydrogens is 336 g/mol. The van der Waals surface area contributed by atoms with E-state index in [0.29, 0.717) is 12.3 Å². The molecule has 0 saturated heterocycles. The second-order valence-corrected chi connectivity index (χ2v) is 7.80. The van der Waals surface area contributed by atoms with Crippen LogP contribution in [0, 0.1) is 6.92 Å². The molecule has 0 aliphatic carbocycles. The van der Waals surface area contributed by atoms with Gasteiger partial charge < -0.3 is 10.1 Å². The van der Waals surface area contributed by atoms with Crippen LogP contribution in [0.5, 0.6) is 11.5 Å². The second-order valence-electron chi connectivity index (χ2n) is 6.03. The van der Waals surface area contributed by atoms with Gasteiger partial charge in [-0.05, 0) is 61.9 Å². The summed E-state index contributed by atoms with van der Waals surface area (Å²) in [5.74, 6) is 1.33. The fraction of sp³-hybridized carbons (Fsp3) is 0.263. The van der Waals surface area contributed by atoms with E-state index < -0.39 is 10.0 Å². The summed E-state index contributed by atoms with van der Waals surface area (Å²) in [6, 6.07) is 14.2. The quantitative estimate of drug-likeness (QED) is 0.779. The molecule has 1 aliphatic heterocycles. The van der Waals surface area contributed by atoms with Crippen LogP contribution in [-0.2, 0) is 10.0 Å². The summed E-state index contributed by atoms with van der Waals surface area (Å²) in [5.41, 5.74) is 2.22. The molecule has 0 radical (unpaired) electrons. The highest BCUT2D eigenvalue weighted by molar-refractivity contribution is 7.89. The standard InChI is InChI=1S/C19H22N2O3S/c1-15-3-2-4-18(13-15)24-17-5-7-19(8-6-17)25(22,23)21-14-16-9-11-20-12-10-16/h2-9,13,20-21H,10-12,14H2,1H3. The van der Waals surface area contributed by atoms with E-state index in [9.17, 15) is 8.42 Å². The Kier molecular flexibility index (Phi) is 5.53. The van der Waals surface area contributed by atoms with Gasteiger partial charge in [0.05, 0.1) is 4.90 Å². The predicted octanol–water partition coefficient (Wildman–Crippen LogP) is 2.99. The molecule has 0 aromatic heterocycles. The van der Waals surface area contributed by atoms with Crippen molar-refractivity contribution in [3.63, 3.8) is 0 Å². The van der Waals surface area contributed by atoms with Gasteiger partial charge in [-0.3, -0.25) is 0 Å². The molecule has 2 aromatic carbocycles. The summed E-state index contributed by atoms with van der Waals surface area (Å²) >= 11 is 0. The first-order valence-electron chi connectivity index (χ1n) is 8.26. The third-order valence-corrected chi connectivity index (χ3v) is 5.42. The molecule has 3 rings (SSSR count). The SMILES string of the molecule is Cc1cccc(Oc2ccc(S(=O)(=O)NCC3=CCNCC3)cc2)c1. The van der Waals surface area contributed by atoms with E-state index in [1.807, 2.05) is 37.3 Å². The molecular formula is C19H22N2O3S. The van der Waals surface area contributed by atoms with Gasteiger partial charge in [0, 0.05) is 13.1 Å². The van der Waals surface area contributed by atoms with Crippen LogP contribution < -0.4 is 14.8 Å². The highest BCUT2D eigenvalue weighted by Crippen LogP contribution is 2.23. The summed E-state index contributed by atoms with van der Waals surface area (Å²) in [4.78, 5) is 0.235. The van der Waals surface area contributed by atoms with E-state index >= 15 is 0 Å². The van der Waals surface area contributed by atoms with Crippen LogP contribution in [-0.4, -0.2) is 28.1 Å². The summed E-state index contributed by atoms with van der Waals surface area (Å²) < 4.78 is 33.2. The lowest BCUT2D eigenvalue weighted by Gasteiger charge is -2.15. The van der Waals surface area contributed by atoms with Gasteiger partial charge >= 0.3 is 0 Å². The number of rotatable bonds is 6. The van der Waals surface area contributed by atoms with Crippen molar-refractivity contribution in [2.45, 2.75) is 18.2 Å². The normalized spacial score (nSPS) is 14.8. The Labute approximate surface area is 148 Å². The molecule has 0 saturated carbocycles. The van der Waals surface area contributed by atoms with Gasteiger partial charge in [-0.1, -0.05) is 23.8 Å². The average Bonchev–Trinajstić information content (AvgIpc) is 2.62. The highest BCUT2D eigenvalue weighted by Gasteiger charge is 2.15. The minimum atomic E-state index is -3.52. The minimum absolute atomic E-state index is 0.235. The Balaban J connectivity index is 1.65. The van der Waals surface area contributed by atoms with Gasteiger partial charge in [0.15, 0.2) is 0 Å². The zero-order chi connectivity index (χ0) is 17.7. The number of aryl methyl sites for hydroxylation is 1. The number of benzene rings is 2. The molecule has 6 heteroatoms. The van der Waals surface area contributed by atoms with E-state index in [2.05, 4.69) is 10.0 Å². The maximum atomic E-state index is 12.4. The second kappa shape index (κ2) is 7.82. The van der Waals surface area contributed by atoms with Crippen LogP contribution in [0.4, 0.5) is 0 Å². The molecule has 1 aliphatic rings. The van der Waals surface area contributed by atoms with Crippen LogP contribution in [0.25, 0.3) is 0 Å². The molecule has 0 atom stereocenters. The van der Waals surface area contributed by atoms with Gasteiger partial charge in [0.1, 0.15) is 11.5 Å². The van der Waals surface area contributed by atoms with Crippen molar-refractivity contribution in [3.8, 4) is 11.5 Å². The smallest absolute Gasteiger partial charge is 0.240 e. The van der Waals surface area contributed by atoms with Crippen LogP contribution in [0.1, 0.15) is 12.0 Å². The van der Waals surface area contributed by atoms with Gasteiger partial charge in [-0.2, -0.15) is 0 Å². The van der Waals surface area contributed by atoms with Crippen LogP contribution in [0.3, 0.4) is 0 Å². The number of ether oxygens (including phenoxy) is 1. The molecule has 0 unspecified atom stereocenters. The van der Waals surface area contributed by atoms with Crippen molar-refractivity contribution in [1.82, 2.24) is 10.0 Å². The fourth-order valence-electron chi connectivity index (χ4n) is 2.60. The molecule has 0 spiro atoms. The third-order valence-electron chi connectivity index (χ3n) is 4.01. The van der Waals surface area contributed by atoms with Crippen molar-refractivity contribution >= 4 is 10.0 Å². The zero-order valence-corrected chi connectivity index (χ0v) is 15.0. The molecule has 132 valence electrons. The molecule has 2 aromatic rings. The summed E-state index contributed by atoms with van der Waals surface area (Å²) in [6.45, 7) is 4.03. The van der Waals surface area contributed by atoms with Crippen LogP contribution >= 0.6 is 0 Å². The molecule has 25 heavy (non-hydrogen) atoms. The van der Waals surface area contributed by atoms with E-state index in [1.54, 1.807) is 24.3 Å². The van der Waals surface area contributed by atoms with E-state index in [0.717, 1.165) is 36.4 Å². The number of nitrogens with one attached hydrogen (secondary N) is 2. The first-order chi connectivity index (χ1) is 12.0. The van der Waals surface area contributed by atoms with Crippen LogP contribution in [0.2, 0.25) is 0 Å². The summed E-state index contributed by atoms with van der Waals surface area (Å²) in [5, 5.41) is 3.21. The van der Waals surface area contributed by atoms with Crippen LogP contribution in [0.15, 0.2) is 65.1 Å². The van der Waals surface area contributed by atoms with Gasteiger partial charge in [-0.25, -0.2) is 13.1 Å². The predicted molar refractivity (Wildman–Crippen MR) is 98.5 cm³/mol. The van der Waals surface area contributed by atoms with E-state index in [1.165, 1.54) is 0 Å². The molecule has 5 nitrogen and oxygen atoms in total. The van der Waals surface area contributed by atoms with Crippen molar-refractivity contribution in [3.05, 3.63) is 65.7 Å². The summed E-state index contributed by atoms with van der Waals surface area (Å²) in [7, 11) is -3.52. The van der Waals surface area contributed by atoms with Crippen molar-refractivity contribution in [1.29, 1.82) is 0 Å². The largest absolute Gasteiger partial charge is 0.457 e. The van der Waals surface area contributed by atoms with E-state index in [-0.39, 0.29) is 4.90 Å². The number of hydrogen-bond acceptors (Lipinski definition) is 4. The van der Waals surface area contributed by atoms with Crippen molar-refractivity contribution in [2.24, 2.45) is 0 Å². The monoisotopic (exact) mass is 358 g/mol. The zero-order valence-electron chi connectivity index (χ0n) is 14.2. The Morgan fingerprint density at radius 3 is 2.60 bits per heavy atom. The highest BCUT2D eigenvalue weighted by atomic mass is 32.2. The van der Waals surface area contributed by atoms with Gasteiger partial charge in [-0.15, -0.1) is 0 Å². The maximum absolute atomic E-state index is 12.4. The first kappa shape index (κ1) is 17.7. The number of sulfonamides is 1. The Hall–Kier alpha value is -2.15. The van der Waals surface area contributed by atoms with Crippen molar-refractivity contribution < 1.29 is 13.2 Å². The van der Waals surface area contributed by atoms with Crippen molar-refractivity contribution in [2.75, 3.05) is 19.6 Å². The lowest BCUT2D eigenvalue weighted by Crippen LogP contribution is -2.29. The van der Waals surface area contributed by atoms with Gasteiger partial charge in [0.2, 0.25) is 10.0 Å². The summed E-state index contributed by atoms with van der Waals surface area (Å²) in [6.07, 6.45) is 2.90. The van der Waals surface area contributed by atoms with Gasteiger partial charge in [0.25, 0.3) is 0 Å². The maximum Gasteiger partial charge on any atom is 0.240 e. The Morgan fingerprint density at radius 2 is 1.92 bits per heavy atom.